The number of nitrogens with one attached hydrogen (secondary N) is 3. The van der Waals surface area contributed by atoms with Gasteiger partial charge < -0.3 is 20.9 Å². The summed E-state index contributed by atoms with van der Waals surface area (Å²) in [6, 6.07) is 6.70. The van der Waals surface area contributed by atoms with Gasteiger partial charge in [0.05, 0.1) is 6.54 Å². The van der Waals surface area contributed by atoms with E-state index in [2.05, 4.69) is 16.0 Å². The number of nitrogens with zero attached hydrogens (tertiary/aromatic N) is 1. The molecule has 3 atom stereocenters. The van der Waals surface area contributed by atoms with E-state index in [1.165, 1.54) is 0 Å². The summed E-state index contributed by atoms with van der Waals surface area (Å²) >= 11 is 0. The summed E-state index contributed by atoms with van der Waals surface area (Å²) in [5, 5.41) is 8.70. The van der Waals surface area contributed by atoms with Crippen molar-refractivity contribution in [2.75, 3.05) is 11.9 Å². The summed E-state index contributed by atoms with van der Waals surface area (Å²) in [5.41, 5.74) is 1.67. The number of benzene rings is 1. The predicted octanol–water partition coefficient (Wildman–Crippen LogP) is 2.58. The molecule has 0 spiro atoms. The highest BCUT2D eigenvalue weighted by Gasteiger charge is 2.36. The molecular formula is C19H32N4O3. The fourth-order valence-corrected chi connectivity index (χ4v) is 3.54. The first-order chi connectivity index (χ1) is 12.5. The summed E-state index contributed by atoms with van der Waals surface area (Å²) in [6.45, 7) is 4.74. The van der Waals surface area contributed by atoms with Crippen LogP contribution in [0.2, 0.25) is 0 Å². The van der Waals surface area contributed by atoms with Crippen LogP contribution in [0.4, 0.5) is 10.5 Å². The number of hydrogen-bond donors (Lipinski definition) is 3. The monoisotopic (exact) mass is 364 g/mol. The van der Waals surface area contributed by atoms with Gasteiger partial charge in [0.25, 0.3) is 0 Å². The van der Waals surface area contributed by atoms with Crippen LogP contribution < -0.4 is 16.0 Å². The highest BCUT2D eigenvalue weighted by Crippen LogP contribution is 2.27. The number of amides is 4. The zero-order valence-corrected chi connectivity index (χ0v) is 15.2. The van der Waals surface area contributed by atoms with Gasteiger partial charge in [0, 0.05) is 29.0 Å². The fraction of sp³-hybridized carbons (Fsp3) is 0.526. The molecule has 0 unspecified atom stereocenters. The molecule has 0 bridgehead atoms. The van der Waals surface area contributed by atoms with Crippen LogP contribution in [0.3, 0.4) is 0 Å². The Morgan fingerprint density at radius 1 is 1.38 bits per heavy atom. The Bertz CT molecular complexity index is 720. The van der Waals surface area contributed by atoms with Gasteiger partial charge in [-0.05, 0) is 24.0 Å². The van der Waals surface area contributed by atoms with E-state index in [0.29, 0.717) is 19.5 Å². The Morgan fingerprint density at radius 3 is 2.85 bits per heavy atom. The summed E-state index contributed by atoms with van der Waals surface area (Å²) < 4.78 is 0. The molecule has 1 fully saturated rings. The molecule has 1 aromatic carbocycles. The first kappa shape index (κ1) is 18.2. The van der Waals surface area contributed by atoms with Crippen molar-refractivity contribution in [1.29, 1.82) is 0 Å². The molecule has 1 saturated heterocycles. The van der Waals surface area contributed by atoms with Crippen molar-refractivity contribution in [2.45, 2.75) is 51.7 Å². The van der Waals surface area contributed by atoms with E-state index >= 15 is 0 Å². The maximum absolute atomic E-state index is 12.9. The molecule has 3 rings (SSSR count). The standard InChI is InChI=1S/C19H26N4O3.3H2/c1-3-12(2)17-18(25)22-15-7-5-4-6-13(15)11-23(17)19(26)20-10-14-8-9-16(24)21-14;;;/h4-7,12,14,17H,3,8-11H2,1-2H3,(H,20,26)(H,21,24)(H,22,25);3*1H/t12-,14+,17-;;;/m0.../s1. The van der Waals surface area contributed by atoms with Crippen LogP contribution in [0.1, 0.15) is 43.0 Å². The summed E-state index contributed by atoms with van der Waals surface area (Å²) in [5.74, 6) is -0.111. The number of carbonyl (C=O) groups is 3. The SMILES string of the molecule is CC[C@H](C)[C@H]1C(=O)Nc2ccccc2CN1C(=O)NC[C@H]1CCC(=O)N1.[HH].[HH].[HH]. The van der Waals surface area contributed by atoms with Crippen molar-refractivity contribution >= 4 is 23.5 Å². The third-order valence-corrected chi connectivity index (χ3v) is 5.25. The van der Waals surface area contributed by atoms with E-state index < -0.39 is 6.04 Å². The van der Waals surface area contributed by atoms with Crippen LogP contribution in [0.5, 0.6) is 0 Å². The molecule has 2 aliphatic rings. The van der Waals surface area contributed by atoms with Gasteiger partial charge in [0.2, 0.25) is 11.8 Å². The van der Waals surface area contributed by atoms with Gasteiger partial charge >= 0.3 is 6.03 Å². The third-order valence-electron chi connectivity index (χ3n) is 5.25. The van der Waals surface area contributed by atoms with E-state index in [1.807, 2.05) is 38.1 Å². The van der Waals surface area contributed by atoms with Crippen molar-refractivity contribution in [3.8, 4) is 0 Å². The second-order valence-electron chi connectivity index (χ2n) is 7.09. The van der Waals surface area contributed by atoms with Crippen LogP contribution in [-0.2, 0) is 16.1 Å². The second-order valence-corrected chi connectivity index (χ2v) is 7.09. The van der Waals surface area contributed by atoms with E-state index in [0.717, 1.165) is 24.1 Å². The molecule has 0 radical (unpaired) electrons. The van der Waals surface area contributed by atoms with Gasteiger partial charge in [-0.1, -0.05) is 38.5 Å². The normalized spacial score (nSPS) is 23.5. The van der Waals surface area contributed by atoms with Crippen molar-refractivity contribution in [1.82, 2.24) is 15.5 Å². The minimum absolute atomic E-state index is 0. The lowest BCUT2D eigenvalue weighted by molar-refractivity contribution is -0.122. The number of fused-ring (bicyclic) bond motifs is 1. The Morgan fingerprint density at radius 2 is 2.15 bits per heavy atom. The number of hydrogen-bond acceptors (Lipinski definition) is 3. The first-order valence-corrected chi connectivity index (χ1v) is 9.22. The number of para-hydroxylation sites is 1. The molecule has 4 amide bonds. The number of anilines is 1. The minimum Gasteiger partial charge on any atom is -0.352 e. The molecule has 0 aromatic heterocycles. The molecule has 0 aliphatic carbocycles. The Kier molecular flexibility index (Phi) is 5.44. The zero-order valence-electron chi connectivity index (χ0n) is 15.2. The maximum Gasteiger partial charge on any atom is 0.318 e. The molecule has 0 saturated carbocycles. The average Bonchev–Trinajstić information content (AvgIpc) is 2.98. The van der Waals surface area contributed by atoms with Gasteiger partial charge in [0.1, 0.15) is 6.04 Å². The molecule has 26 heavy (non-hydrogen) atoms. The number of carbonyl (C=O) groups excluding carboxylic acids is 3. The Hall–Kier alpha value is -2.57. The molecule has 7 nitrogen and oxygen atoms in total. The highest BCUT2D eigenvalue weighted by molar-refractivity contribution is 5.98. The maximum atomic E-state index is 12.9. The summed E-state index contributed by atoms with van der Waals surface area (Å²) in [7, 11) is 0. The Balaban J connectivity index is 0.00000261. The molecule has 2 aliphatic heterocycles. The highest BCUT2D eigenvalue weighted by atomic mass is 16.2. The first-order valence-electron chi connectivity index (χ1n) is 9.22. The van der Waals surface area contributed by atoms with E-state index in [-0.39, 0.29) is 34.1 Å². The summed E-state index contributed by atoms with van der Waals surface area (Å²) in [6.07, 6.45) is 2.00. The van der Waals surface area contributed by atoms with Gasteiger partial charge in [-0.3, -0.25) is 9.59 Å². The predicted molar refractivity (Wildman–Crippen MR) is 105 cm³/mol. The van der Waals surface area contributed by atoms with Crippen molar-refractivity contribution in [3.05, 3.63) is 29.8 Å². The quantitative estimate of drug-likeness (QED) is 0.767. The van der Waals surface area contributed by atoms with Crippen LogP contribution in [-0.4, -0.2) is 41.4 Å². The molecule has 3 N–H and O–H groups in total. The zero-order chi connectivity index (χ0) is 18.7. The van der Waals surface area contributed by atoms with Crippen LogP contribution in [0.25, 0.3) is 0 Å². The molecule has 146 valence electrons. The number of rotatable bonds is 4. The molecule has 1 aromatic rings. The molecular weight excluding hydrogens is 332 g/mol. The topological polar surface area (TPSA) is 90.5 Å². The van der Waals surface area contributed by atoms with E-state index in [4.69, 9.17) is 0 Å². The third kappa shape index (κ3) is 3.81. The van der Waals surface area contributed by atoms with Crippen molar-refractivity contribution in [2.24, 2.45) is 5.92 Å². The van der Waals surface area contributed by atoms with E-state index in [1.54, 1.807) is 4.90 Å². The van der Waals surface area contributed by atoms with Crippen LogP contribution >= 0.6 is 0 Å². The lowest BCUT2D eigenvalue weighted by atomic mass is 9.97. The van der Waals surface area contributed by atoms with Crippen LogP contribution in [0, 0.1) is 5.92 Å². The minimum atomic E-state index is -0.537. The van der Waals surface area contributed by atoms with Gasteiger partial charge in [0.15, 0.2) is 0 Å². The lowest BCUT2D eigenvalue weighted by Gasteiger charge is -2.32. The number of urea groups is 1. The average molecular weight is 364 g/mol. The van der Waals surface area contributed by atoms with Gasteiger partial charge in [-0.15, -0.1) is 0 Å². The van der Waals surface area contributed by atoms with E-state index in [9.17, 15) is 14.4 Å². The second kappa shape index (κ2) is 7.76. The fourth-order valence-electron chi connectivity index (χ4n) is 3.54. The molecule has 7 heteroatoms. The van der Waals surface area contributed by atoms with Crippen molar-refractivity contribution in [3.63, 3.8) is 0 Å². The van der Waals surface area contributed by atoms with Gasteiger partial charge in [-0.2, -0.15) is 0 Å². The molecule has 2 heterocycles. The lowest BCUT2D eigenvalue weighted by Crippen LogP contribution is -2.53. The van der Waals surface area contributed by atoms with Gasteiger partial charge in [-0.25, -0.2) is 4.79 Å². The van der Waals surface area contributed by atoms with Crippen molar-refractivity contribution < 1.29 is 18.7 Å². The summed E-state index contributed by atoms with van der Waals surface area (Å²) in [4.78, 5) is 38.6. The Labute approximate surface area is 158 Å². The van der Waals surface area contributed by atoms with Crippen LogP contribution in [0.15, 0.2) is 24.3 Å². The largest absolute Gasteiger partial charge is 0.352 e. The smallest absolute Gasteiger partial charge is 0.318 e.